The molecule has 0 atom stereocenters. The Hall–Kier alpha value is -3.21. The molecule has 29 heavy (non-hydrogen) atoms. The number of anilines is 2. The second-order valence-corrected chi connectivity index (χ2v) is 6.90. The van der Waals surface area contributed by atoms with Gasteiger partial charge in [-0.05, 0) is 36.4 Å². The van der Waals surface area contributed by atoms with Crippen LogP contribution in [0.2, 0.25) is 5.15 Å². The van der Waals surface area contributed by atoms with Crippen molar-refractivity contribution in [1.29, 1.82) is 5.26 Å². The number of halogens is 1. The zero-order chi connectivity index (χ0) is 20.1. The van der Waals surface area contributed by atoms with Gasteiger partial charge in [-0.3, -0.25) is 0 Å². The van der Waals surface area contributed by atoms with Crippen LogP contribution in [0.1, 0.15) is 18.4 Å². The maximum absolute atomic E-state index is 9.57. The zero-order valence-electron chi connectivity index (χ0n) is 15.5. The molecule has 3 heterocycles. The van der Waals surface area contributed by atoms with E-state index >= 15 is 0 Å². The second kappa shape index (κ2) is 8.86. The highest BCUT2D eigenvalue weighted by Gasteiger charge is 2.17. The van der Waals surface area contributed by atoms with Gasteiger partial charge in [0.05, 0.1) is 36.4 Å². The largest absolute Gasteiger partial charge is 0.489 e. The smallest absolute Gasteiger partial charge is 0.227 e. The van der Waals surface area contributed by atoms with Gasteiger partial charge in [0.25, 0.3) is 0 Å². The molecule has 8 heteroatoms. The van der Waals surface area contributed by atoms with Crippen molar-refractivity contribution in [2.24, 2.45) is 0 Å². The molecule has 0 saturated carbocycles. The van der Waals surface area contributed by atoms with Crippen LogP contribution in [0.4, 0.5) is 11.6 Å². The van der Waals surface area contributed by atoms with Gasteiger partial charge in [0, 0.05) is 24.6 Å². The van der Waals surface area contributed by atoms with E-state index in [-0.39, 0.29) is 6.10 Å². The number of aromatic nitrogens is 3. The van der Waals surface area contributed by atoms with Crippen molar-refractivity contribution in [3.8, 4) is 23.1 Å². The van der Waals surface area contributed by atoms with Crippen molar-refractivity contribution in [1.82, 2.24) is 15.0 Å². The molecule has 1 aliphatic heterocycles. The summed E-state index contributed by atoms with van der Waals surface area (Å²) in [6.07, 6.45) is 4.99. The Kier molecular flexibility index (Phi) is 5.84. The molecule has 0 radical (unpaired) electrons. The van der Waals surface area contributed by atoms with Crippen molar-refractivity contribution in [3.05, 3.63) is 59.5 Å². The van der Waals surface area contributed by atoms with E-state index in [0.717, 1.165) is 24.1 Å². The fourth-order valence-electron chi connectivity index (χ4n) is 3.01. The van der Waals surface area contributed by atoms with Gasteiger partial charge in [0.15, 0.2) is 0 Å². The minimum atomic E-state index is 0.0736. The Balaban J connectivity index is 1.54. The van der Waals surface area contributed by atoms with E-state index in [1.54, 1.807) is 36.7 Å². The van der Waals surface area contributed by atoms with Crippen LogP contribution < -0.4 is 10.1 Å². The van der Waals surface area contributed by atoms with Crippen LogP contribution in [-0.4, -0.2) is 34.3 Å². The summed E-state index contributed by atoms with van der Waals surface area (Å²) < 4.78 is 11.4. The van der Waals surface area contributed by atoms with Crippen LogP contribution >= 0.6 is 11.6 Å². The van der Waals surface area contributed by atoms with Gasteiger partial charge in [0.2, 0.25) is 5.95 Å². The number of ether oxygens (including phenoxy) is 2. The van der Waals surface area contributed by atoms with Gasteiger partial charge in [-0.2, -0.15) is 5.26 Å². The highest BCUT2D eigenvalue weighted by atomic mass is 35.5. The molecule has 0 unspecified atom stereocenters. The Morgan fingerprint density at radius 2 is 2.00 bits per heavy atom. The van der Waals surface area contributed by atoms with Gasteiger partial charge in [-0.15, -0.1) is 0 Å². The third kappa shape index (κ3) is 4.80. The normalized spacial score (nSPS) is 14.2. The van der Waals surface area contributed by atoms with Crippen molar-refractivity contribution < 1.29 is 9.47 Å². The van der Waals surface area contributed by atoms with Crippen LogP contribution in [0.3, 0.4) is 0 Å². The van der Waals surface area contributed by atoms with Gasteiger partial charge >= 0.3 is 0 Å². The molecule has 1 saturated heterocycles. The van der Waals surface area contributed by atoms with Crippen molar-refractivity contribution in [3.63, 3.8) is 0 Å². The predicted octanol–water partition coefficient (Wildman–Crippen LogP) is 4.37. The first kappa shape index (κ1) is 19.1. The minimum absolute atomic E-state index is 0.0736. The quantitative estimate of drug-likeness (QED) is 0.628. The van der Waals surface area contributed by atoms with Crippen LogP contribution in [0.15, 0.2) is 48.8 Å². The average Bonchev–Trinajstić information content (AvgIpc) is 2.76. The van der Waals surface area contributed by atoms with Crippen LogP contribution in [0, 0.1) is 11.3 Å². The molecule has 0 spiro atoms. The Bertz CT molecular complexity index is 1030. The minimum Gasteiger partial charge on any atom is -0.489 e. The number of hydrogen-bond acceptors (Lipinski definition) is 7. The maximum Gasteiger partial charge on any atom is 0.227 e. The Morgan fingerprint density at radius 1 is 1.14 bits per heavy atom. The highest BCUT2D eigenvalue weighted by molar-refractivity contribution is 6.29. The summed E-state index contributed by atoms with van der Waals surface area (Å²) >= 11 is 5.81. The third-order valence-corrected chi connectivity index (χ3v) is 4.72. The molecule has 1 aliphatic rings. The van der Waals surface area contributed by atoms with E-state index in [1.165, 1.54) is 0 Å². The highest BCUT2D eigenvalue weighted by Crippen LogP contribution is 2.28. The summed E-state index contributed by atoms with van der Waals surface area (Å²) in [4.78, 5) is 12.8. The zero-order valence-corrected chi connectivity index (χ0v) is 16.3. The molecular weight excluding hydrogens is 390 g/mol. The molecule has 146 valence electrons. The summed E-state index contributed by atoms with van der Waals surface area (Å²) in [5.41, 5.74) is 2.70. The Labute approximate surface area is 173 Å². The SMILES string of the molecule is N#Cc1cc(-c2ccnc(Nc3ccc(Cl)nc3)n2)ccc1OC1CCOCC1. The van der Waals surface area contributed by atoms with Crippen LogP contribution in [0.5, 0.6) is 5.75 Å². The molecule has 1 aromatic carbocycles. The summed E-state index contributed by atoms with van der Waals surface area (Å²) in [6.45, 7) is 1.37. The molecule has 0 aliphatic carbocycles. The third-order valence-electron chi connectivity index (χ3n) is 4.50. The first-order chi connectivity index (χ1) is 14.2. The molecule has 4 rings (SSSR count). The first-order valence-electron chi connectivity index (χ1n) is 9.22. The number of hydrogen-bond donors (Lipinski definition) is 1. The monoisotopic (exact) mass is 407 g/mol. The average molecular weight is 408 g/mol. The topological polar surface area (TPSA) is 93.0 Å². The molecule has 0 bridgehead atoms. The number of nitrogens with zero attached hydrogens (tertiary/aromatic N) is 4. The maximum atomic E-state index is 9.57. The molecule has 2 aromatic heterocycles. The number of pyridine rings is 1. The van der Waals surface area contributed by atoms with E-state index in [4.69, 9.17) is 21.1 Å². The fourth-order valence-corrected chi connectivity index (χ4v) is 3.12. The summed E-state index contributed by atoms with van der Waals surface area (Å²) in [6, 6.07) is 13.0. The van der Waals surface area contributed by atoms with E-state index in [9.17, 15) is 5.26 Å². The Morgan fingerprint density at radius 3 is 2.76 bits per heavy atom. The number of nitrogens with one attached hydrogen (secondary N) is 1. The van der Waals surface area contributed by atoms with E-state index in [2.05, 4.69) is 26.3 Å². The lowest BCUT2D eigenvalue weighted by molar-refractivity contribution is 0.0254. The van der Waals surface area contributed by atoms with E-state index < -0.39 is 0 Å². The van der Waals surface area contributed by atoms with Crippen molar-refractivity contribution >= 4 is 23.2 Å². The second-order valence-electron chi connectivity index (χ2n) is 6.51. The van der Waals surface area contributed by atoms with E-state index in [0.29, 0.717) is 41.3 Å². The lowest BCUT2D eigenvalue weighted by Gasteiger charge is -2.23. The number of rotatable bonds is 5. The fraction of sp³-hybridized carbons (Fsp3) is 0.238. The lowest BCUT2D eigenvalue weighted by atomic mass is 10.1. The van der Waals surface area contributed by atoms with Crippen LogP contribution in [-0.2, 0) is 4.74 Å². The van der Waals surface area contributed by atoms with Crippen molar-refractivity contribution in [2.75, 3.05) is 18.5 Å². The standard InChI is InChI=1S/C21H18ClN5O2/c22-20-4-2-16(13-25-20)26-21-24-8-5-18(27-21)14-1-3-19(15(11-14)12-23)29-17-6-9-28-10-7-17/h1-5,8,11,13,17H,6-7,9-10H2,(H,24,26,27). The lowest BCUT2D eigenvalue weighted by Crippen LogP contribution is -2.26. The molecule has 0 amide bonds. The number of nitriles is 1. The molecule has 7 nitrogen and oxygen atoms in total. The summed E-state index contributed by atoms with van der Waals surface area (Å²) in [5, 5.41) is 13.1. The summed E-state index contributed by atoms with van der Waals surface area (Å²) in [7, 11) is 0. The molecule has 1 N–H and O–H groups in total. The first-order valence-corrected chi connectivity index (χ1v) is 9.59. The molecule has 3 aromatic rings. The van der Waals surface area contributed by atoms with Gasteiger partial charge in [0.1, 0.15) is 23.1 Å². The molecular formula is C21H18ClN5O2. The summed E-state index contributed by atoms with van der Waals surface area (Å²) in [5.74, 6) is 1.01. The van der Waals surface area contributed by atoms with Crippen molar-refractivity contribution in [2.45, 2.75) is 18.9 Å². The number of benzene rings is 1. The van der Waals surface area contributed by atoms with E-state index in [1.807, 2.05) is 12.1 Å². The van der Waals surface area contributed by atoms with Crippen LogP contribution in [0.25, 0.3) is 11.3 Å². The van der Waals surface area contributed by atoms with Gasteiger partial charge < -0.3 is 14.8 Å². The molecule has 1 fully saturated rings. The predicted molar refractivity (Wildman–Crippen MR) is 109 cm³/mol. The van der Waals surface area contributed by atoms with Gasteiger partial charge in [-0.25, -0.2) is 15.0 Å². The van der Waals surface area contributed by atoms with Gasteiger partial charge in [-0.1, -0.05) is 11.6 Å².